The van der Waals surface area contributed by atoms with Gasteiger partial charge in [-0.05, 0) is 31.0 Å². The number of hydrogen-bond donors (Lipinski definition) is 0. The Morgan fingerprint density at radius 2 is 1.70 bits per heavy atom. The van der Waals surface area contributed by atoms with Crippen LogP contribution < -0.4 is 9.47 Å². The third kappa shape index (κ3) is 3.75. The molecule has 0 aliphatic carbocycles. The number of carbonyl (C=O) groups is 2. The fourth-order valence-electron chi connectivity index (χ4n) is 2.85. The van der Waals surface area contributed by atoms with Crippen LogP contribution in [-0.2, 0) is 4.79 Å². The van der Waals surface area contributed by atoms with Crippen LogP contribution in [0.5, 0.6) is 11.5 Å². The van der Waals surface area contributed by atoms with Gasteiger partial charge in [0.05, 0.1) is 14.2 Å². The van der Waals surface area contributed by atoms with E-state index in [-0.39, 0.29) is 17.7 Å². The van der Waals surface area contributed by atoms with E-state index in [1.165, 1.54) is 0 Å². The first-order chi connectivity index (χ1) is 11.0. The molecule has 0 aromatic heterocycles. The first-order valence-corrected chi connectivity index (χ1v) is 7.70. The highest BCUT2D eigenvalue weighted by atomic mass is 16.5. The molecule has 0 bridgehead atoms. The Hall–Kier alpha value is -2.24. The Morgan fingerprint density at radius 1 is 1.09 bits per heavy atom. The molecular formula is C17H24N2O4. The van der Waals surface area contributed by atoms with Gasteiger partial charge in [0, 0.05) is 38.7 Å². The minimum atomic E-state index is -0.0401. The molecule has 1 aromatic carbocycles. The van der Waals surface area contributed by atoms with Crippen LogP contribution in [0.1, 0.15) is 23.2 Å². The summed E-state index contributed by atoms with van der Waals surface area (Å²) >= 11 is 0. The van der Waals surface area contributed by atoms with E-state index in [2.05, 4.69) is 0 Å². The number of likely N-dealkylation sites (tertiary alicyclic amines) is 1. The zero-order valence-electron chi connectivity index (χ0n) is 14.2. The van der Waals surface area contributed by atoms with Gasteiger partial charge in [0.25, 0.3) is 5.91 Å². The summed E-state index contributed by atoms with van der Waals surface area (Å²) in [6, 6.07) is 5.16. The highest BCUT2D eigenvalue weighted by Gasteiger charge is 2.28. The van der Waals surface area contributed by atoms with E-state index < -0.39 is 0 Å². The molecule has 1 heterocycles. The molecule has 6 heteroatoms. The van der Waals surface area contributed by atoms with Crippen molar-refractivity contribution >= 4 is 11.8 Å². The molecule has 1 aromatic rings. The van der Waals surface area contributed by atoms with Crippen LogP contribution in [0.2, 0.25) is 0 Å². The van der Waals surface area contributed by atoms with E-state index in [9.17, 15) is 9.59 Å². The topological polar surface area (TPSA) is 59.1 Å². The number of nitrogens with zero attached hydrogens (tertiary/aromatic N) is 2. The fraction of sp³-hybridized carbons (Fsp3) is 0.529. The van der Waals surface area contributed by atoms with Crippen LogP contribution >= 0.6 is 0 Å². The van der Waals surface area contributed by atoms with Gasteiger partial charge in [-0.3, -0.25) is 9.59 Å². The van der Waals surface area contributed by atoms with Crippen molar-refractivity contribution in [3.8, 4) is 11.5 Å². The third-order valence-corrected chi connectivity index (χ3v) is 4.20. The maximum atomic E-state index is 12.6. The number of carbonyl (C=O) groups excluding carboxylic acids is 2. The molecule has 2 amide bonds. The van der Waals surface area contributed by atoms with Crippen molar-refractivity contribution in [2.45, 2.75) is 12.8 Å². The molecule has 0 spiro atoms. The number of benzene rings is 1. The van der Waals surface area contributed by atoms with Crippen LogP contribution in [0, 0.1) is 5.92 Å². The first kappa shape index (κ1) is 17.1. The van der Waals surface area contributed by atoms with E-state index in [4.69, 9.17) is 9.47 Å². The lowest BCUT2D eigenvalue weighted by Gasteiger charge is -2.32. The van der Waals surface area contributed by atoms with E-state index in [0.29, 0.717) is 43.0 Å². The fourth-order valence-corrected chi connectivity index (χ4v) is 2.85. The summed E-state index contributed by atoms with van der Waals surface area (Å²) in [5, 5.41) is 0. The summed E-state index contributed by atoms with van der Waals surface area (Å²) in [6.45, 7) is 1.19. The Balaban J connectivity index is 2.04. The predicted octanol–water partition coefficient (Wildman–Crippen LogP) is 1.64. The van der Waals surface area contributed by atoms with Crippen molar-refractivity contribution in [1.29, 1.82) is 0 Å². The molecule has 1 aliphatic heterocycles. The molecule has 2 rings (SSSR count). The highest BCUT2D eigenvalue weighted by Crippen LogP contribution is 2.29. The molecule has 0 saturated carbocycles. The summed E-state index contributed by atoms with van der Waals surface area (Å²) in [4.78, 5) is 28.0. The van der Waals surface area contributed by atoms with Crippen molar-refractivity contribution in [3.63, 3.8) is 0 Å². The zero-order valence-corrected chi connectivity index (χ0v) is 14.2. The summed E-state index contributed by atoms with van der Waals surface area (Å²) in [5.74, 6) is 1.25. The Labute approximate surface area is 137 Å². The zero-order chi connectivity index (χ0) is 17.0. The molecule has 6 nitrogen and oxygen atoms in total. The van der Waals surface area contributed by atoms with Gasteiger partial charge in [-0.2, -0.15) is 0 Å². The highest BCUT2D eigenvalue weighted by molar-refractivity contribution is 5.95. The number of amides is 2. The van der Waals surface area contributed by atoms with Crippen LogP contribution in [0.4, 0.5) is 0 Å². The maximum Gasteiger partial charge on any atom is 0.253 e. The molecular weight excluding hydrogens is 296 g/mol. The smallest absolute Gasteiger partial charge is 0.253 e. The van der Waals surface area contributed by atoms with E-state index >= 15 is 0 Å². The monoisotopic (exact) mass is 320 g/mol. The maximum absolute atomic E-state index is 12.6. The van der Waals surface area contributed by atoms with Crippen molar-refractivity contribution in [1.82, 2.24) is 9.80 Å². The minimum absolute atomic E-state index is 0.0134. The Bertz CT molecular complexity index is 578. The number of hydrogen-bond acceptors (Lipinski definition) is 4. The van der Waals surface area contributed by atoms with E-state index in [1.54, 1.807) is 56.3 Å². The summed E-state index contributed by atoms with van der Waals surface area (Å²) in [7, 11) is 6.64. The Kier molecular flexibility index (Phi) is 5.47. The minimum Gasteiger partial charge on any atom is -0.493 e. The van der Waals surface area contributed by atoms with Crippen LogP contribution in [0.25, 0.3) is 0 Å². The third-order valence-electron chi connectivity index (χ3n) is 4.20. The van der Waals surface area contributed by atoms with Crippen molar-refractivity contribution in [2.24, 2.45) is 5.92 Å². The molecule has 1 fully saturated rings. The van der Waals surface area contributed by atoms with Gasteiger partial charge >= 0.3 is 0 Å². The number of ether oxygens (including phenoxy) is 2. The SMILES string of the molecule is COc1ccc(C(=O)N2CCC(C(=O)N(C)C)CC2)cc1OC. The van der Waals surface area contributed by atoms with Crippen LogP contribution in [-0.4, -0.2) is 63.0 Å². The standard InChI is InChI=1S/C17H24N2O4/c1-18(2)16(20)12-7-9-19(10-8-12)17(21)13-5-6-14(22-3)15(11-13)23-4/h5-6,11-12H,7-10H2,1-4H3. The summed E-state index contributed by atoms with van der Waals surface area (Å²) in [6.07, 6.45) is 1.41. The lowest BCUT2D eigenvalue weighted by atomic mass is 9.95. The molecule has 0 radical (unpaired) electrons. The van der Waals surface area contributed by atoms with Crippen LogP contribution in [0.3, 0.4) is 0 Å². The Morgan fingerprint density at radius 3 is 2.22 bits per heavy atom. The largest absolute Gasteiger partial charge is 0.493 e. The molecule has 1 aliphatic rings. The van der Waals surface area contributed by atoms with Crippen molar-refractivity contribution in [2.75, 3.05) is 41.4 Å². The normalized spacial score (nSPS) is 15.2. The van der Waals surface area contributed by atoms with Gasteiger partial charge in [0.15, 0.2) is 11.5 Å². The molecule has 0 unspecified atom stereocenters. The average Bonchev–Trinajstić information content (AvgIpc) is 2.59. The summed E-state index contributed by atoms with van der Waals surface area (Å²) < 4.78 is 10.4. The molecule has 126 valence electrons. The van der Waals surface area contributed by atoms with E-state index in [0.717, 1.165) is 0 Å². The van der Waals surface area contributed by atoms with Gasteiger partial charge in [-0.25, -0.2) is 0 Å². The molecule has 0 N–H and O–H groups in total. The summed E-state index contributed by atoms with van der Waals surface area (Å²) in [5.41, 5.74) is 0.569. The molecule has 1 saturated heterocycles. The van der Waals surface area contributed by atoms with E-state index in [1.807, 2.05) is 0 Å². The van der Waals surface area contributed by atoms with Gasteiger partial charge in [0.2, 0.25) is 5.91 Å². The lowest BCUT2D eigenvalue weighted by Crippen LogP contribution is -2.42. The lowest BCUT2D eigenvalue weighted by molar-refractivity contribution is -0.134. The van der Waals surface area contributed by atoms with Gasteiger partial charge in [-0.1, -0.05) is 0 Å². The average molecular weight is 320 g/mol. The molecule has 0 atom stereocenters. The van der Waals surface area contributed by atoms with Crippen LogP contribution in [0.15, 0.2) is 18.2 Å². The number of methoxy groups -OCH3 is 2. The van der Waals surface area contributed by atoms with Gasteiger partial charge in [0.1, 0.15) is 0 Å². The quantitative estimate of drug-likeness (QED) is 0.846. The second-order valence-corrected chi connectivity index (χ2v) is 5.87. The first-order valence-electron chi connectivity index (χ1n) is 7.70. The van der Waals surface area contributed by atoms with Gasteiger partial charge < -0.3 is 19.3 Å². The number of rotatable bonds is 4. The number of piperidine rings is 1. The molecule has 23 heavy (non-hydrogen) atoms. The second-order valence-electron chi connectivity index (χ2n) is 5.87. The predicted molar refractivity (Wildman–Crippen MR) is 86.9 cm³/mol. The van der Waals surface area contributed by atoms with Crippen molar-refractivity contribution < 1.29 is 19.1 Å². The second kappa shape index (κ2) is 7.35. The van der Waals surface area contributed by atoms with Crippen molar-refractivity contribution in [3.05, 3.63) is 23.8 Å². The van der Waals surface area contributed by atoms with Gasteiger partial charge in [-0.15, -0.1) is 0 Å².